The van der Waals surface area contributed by atoms with Gasteiger partial charge in [-0.2, -0.15) is 14.7 Å². The minimum Gasteiger partial charge on any atom is -0.384 e. The van der Waals surface area contributed by atoms with Gasteiger partial charge >= 0.3 is 0 Å². The number of hydrogen-bond donors (Lipinski definition) is 3. The number of piperidine rings is 1. The van der Waals surface area contributed by atoms with E-state index in [1.165, 1.54) is 17.8 Å². The normalized spacial score (nSPS) is 21.5. The first-order valence-electron chi connectivity index (χ1n) is 11.5. The molecule has 6 heterocycles. The van der Waals surface area contributed by atoms with Crippen LogP contribution >= 0.6 is 0 Å². The fourth-order valence-electron chi connectivity index (χ4n) is 5.62. The molecular formula is C23H24N10O2. The maximum Gasteiger partial charge on any atom is 0.291 e. The first-order chi connectivity index (χ1) is 16.9. The molecular weight excluding hydrogens is 448 g/mol. The van der Waals surface area contributed by atoms with Gasteiger partial charge in [0.1, 0.15) is 18.0 Å². The number of carbonyl (C=O) groups is 2. The molecule has 12 nitrogen and oxygen atoms in total. The predicted octanol–water partition coefficient (Wildman–Crippen LogP) is 1.83. The number of H-pyrrole nitrogens is 1. The smallest absolute Gasteiger partial charge is 0.291 e. The summed E-state index contributed by atoms with van der Waals surface area (Å²) in [5.74, 6) is 0.598. The summed E-state index contributed by atoms with van der Waals surface area (Å²) >= 11 is 0. The molecule has 0 unspecified atom stereocenters. The third-order valence-electron chi connectivity index (χ3n) is 7.13. The minimum absolute atomic E-state index is 0.0234. The monoisotopic (exact) mass is 472 g/mol. The van der Waals surface area contributed by atoms with Crippen molar-refractivity contribution in [1.82, 2.24) is 39.7 Å². The highest BCUT2D eigenvalue weighted by Crippen LogP contribution is 2.45. The summed E-state index contributed by atoms with van der Waals surface area (Å²) in [6.07, 6.45) is 7.83. The Hall–Kier alpha value is -4.35. The van der Waals surface area contributed by atoms with Crippen molar-refractivity contribution in [2.24, 2.45) is 0 Å². The molecule has 4 aromatic heterocycles. The van der Waals surface area contributed by atoms with Gasteiger partial charge in [-0.3, -0.25) is 14.7 Å². The first kappa shape index (κ1) is 21.2. The Labute approximate surface area is 199 Å². The van der Waals surface area contributed by atoms with E-state index in [0.717, 1.165) is 24.0 Å². The summed E-state index contributed by atoms with van der Waals surface area (Å²) in [5.41, 5.74) is 15.4. The molecule has 178 valence electrons. The highest BCUT2D eigenvalue weighted by atomic mass is 16.2. The van der Waals surface area contributed by atoms with Crippen molar-refractivity contribution in [3.05, 3.63) is 47.9 Å². The van der Waals surface area contributed by atoms with Gasteiger partial charge in [0.2, 0.25) is 5.82 Å². The number of nitrogens with two attached hydrogens (primary N) is 2. The van der Waals surface area contributed by atoms with E-state index in [9.17, 15) is 9.59 Å². The number of aromatic nitrogens is 7. The van der Waals surface area contributed by atoms with Crippen molar-refractivity contribution in [1.29, 1.82) is 0 Å². The number of amides is 1. The van der Waals surface area contributed by atoms with Gasteiger partial charge in [-0.05, 0) is 44.7 Å². The maximum atomic E-state index is 13.0. The SMILES string of the molecule is CC(=O)c1c(C2C[C@H]3CC[C@H](C2)N3C(=O)c2ncn[nH]2)nc2c(-c3ccc(N)nc3)cnn2c1N. The Morgan fingerprint density at radius 3 is 2.49 bits per heavy atom. The fraction of sp³-hybridized carbons (Fsp3) is 0.348. The first-order valence-corrected chi connectivity index (χ1v) is 11.5. The van der Waals surface area contributed by atoms with E-state index in [2.05, 4.69) is 25.3 Å². The molecule has 0 spiro atoms. The lowest BCUT2D eigenvalue weighted by Gasteiger charge is -2.38. The number of aromatic amines is 1. The number of nitrogens with one attached hydrogen (secondary N) is 1. The van der Waals surface area contributed by atoms with E-state index < -0.39 is 0 Å². The molecule has 4 aromatic rings. The number of Topliss-reactive ketones (excluding diaryl/α,β-unsaturated/α-hetero) is 1. The number of nitrogens with zero attached hydrogens (tertiary/aromatic N) is 7. The average molecular weight is 473 g/mol. The van der Waals surface area contributed by atoms with Crippen LogP contribution in [0.2, 0.25) is 0 Å². The van der Waals surface area contributed by atoms with E-state index in [-0.39, 0.29) is 41.3 Å². The van der Waals surface area contributed by atoms with Crippen LogP contribution in [0.25, 0.3) is 16.8 Å². The van der Waals surface area contributed by atoms with E-state index in [0.29, 0.717) is 35.6 Å². The van der Waals surface area contributed by atoms with Gasteiger partial charge in [0.05, 0.1) is 17.5 Å². The van der Waals surface area contributed by atoms with Crippen LogP contribution in [0.3, 0.4) is 0 Å². The number of carbonyl (C=O) groups excluding carboxylic acids is 2. The lowest BCUT2D eigenvalue weighted by atomic mass is 9.85. The number of hydrogen-bond acceptors (Lipinski definition) is 9. The Kier molecular flexibility index (Phi) is 4.76. The van der Waals surface area contributed by atoms with Crippen molar-refractivity contribution < 1.29 is 9.59 Å². The van der Waals surface area contributed by atoms with Crippen LogP contribution in [-0.4, -0.2) is 63.4 Å². The van der Waals surface area contributed by atoms with E-state index in [1.54, 1.807) is 18.5 Å². The molecule has 2 aliphatic heterocycles. The number of rotatable bonds is 4. The number of nitrogen functional groups attached to an aromatic ring is 2. The van der Waals surface area contributed by atoms with Crippen LogP contribution in [0.4, 0.5) is 11.6 Å². The molecule has 5 N–H and O–H groups in total. The Morgan fingerprint density at radius 1 is 1.09 bits per heavy atom. The third-order valence-corrected chi connectivity index (χ3v) is 7.13. The largest absolute Gasteiger partial charge is 0.384 e. The summed E-state index contributed by atoms with van der Waals surface area (Å²) in [6.45, 7) is 1.49. The molecule has 2 fully saturated rings. The van der Waals surface area contributed by atoms with Crippen molar-refractivity contribution in [2.75, 3.05) is 11.5 Å². The summed E-state index contributed by atoms with van der Waals surface area (Å²) in [6, 6.07) is 3.62. The predicted molar refractivity (Wildman–Crippen MR) is 126 cm³/mol. The van der Waals surface area contributed by atoms with Gasteiger partial charge < -0.3 is 16.4 Å². The molecule has 12 heteroatoms. The Balaban J connectivity index is 1.41. The average Bonchev–Trinajstić information content (AvgIpc) is 3.57. The van der Waals surface area contributed by atoms with Gasteiger partial charge in [0.25, 0.3) is 5.91 Å². The quantitative estimate of drug-likeness (QED) is 0.374. The molecule has 6 rings (SSSR count). The number of fused-ring (bicyclic) bond motifs is 3. The molecule has 0 aromatic carbocycles. The molecule has 0 saturated carbocycles. The lowest BCUT2D eigenvalue weighted by molar-refractivity contribution is 0.0556. The highest BCUT2D eigenvalue weighted by molar-refractivity contribution is 6.00. The van der Waals surface area contributed by atoms with E-state index >= 15 is 0 Å². The summed E-state index contributed by atoms with van der Waals surface area (Å²) < 4.78 is 1.50. The molecule has 2 bridgehead atoms. The van der Waals surface area contributed by atoms with Crippen LogP contribution in [0.15, 0.2) is 30.9 Å². The zero-order chi connectivity index (χ0) is 24.3. The molecule has 2 atom stereocenters. The van der Waals surface area contributed by atoms with Gasteiger partial charge in [-0.25, -0.2) is 15.0 Å². The fourth-order valence-corrected chi connectivity index (χ4v) is 5.62. The molecule has 2 saturated heterocycles. The van der Waals surface area contributed by atoms with Crippen LogP contribution in [0, 0.1) is 0 Å². The van der Waals surface area contributed by atoms with Crippen molar-refractivity contribution >= 4 is 29.0 Å². The van der Waals surface area contributed by atoms with Crippen LogP contribution in [0.5, 0.6) is 0 Å². The molecule has 0 radical (unpaired) electrons. The van der Waals surface area contributed by atoms with Crippen molar-refractivity contribution in [3.8, 4) is 11.1 Å². The Bertz CT molecular complexity index is 1430. The van der Waals surface area contributed by atoms with Gasteiger partial charge in [-0.15, -0.1) is 0 Å². The second kappa shape index (κ2) is 7.86. The second-order valence-electron chi connectivity index (χ2n) is 9.18. The minimum atomic E-state index is -0.161. The number of anilines is 2. The third kappa shape index (κ3) is 3.32. The Morgan fingerprint density at radius 2 is 1.86 bits per heavy atom. The van der Waals surface area contributed by atoms with Crippen molar-refractivity contribution in [3.63, 3.8) is 0 Å². The molecule has 0 aliphatic carbocycles. The van der Waals surface area contributed by atoms with E-state index in [4.69, 9.17) is 16.5 Å². The van der Waals surface area contributed by atoms with Crippen LogP contribution in [0.1, 0.15) is 65.2 Å². The van der Waals surface area contributed by atoms with Crippen LogP contribution < -0.4 is 11.5 Å². The number of pyridine rings is 1. The number of ketones is 1. The topological polar surface area (TPSA) is 174 Å². The summed E-state index contributed by atoms with van der Waals surface area (Å²) in [4.78, 5) is 40.8. The summed E-state index contributed by atoms with van der Waals surface area (Å²) in [5, 5.41) is 10.9. The standard InChI is InChI=1S/C23H24N10O2/c1-11(34)18-19(13-6-14-3-4-15(7-13)32(14)23(35)21-27-10-28-31-21)30-22-16(9-29-33(22)20(18)25)12-2-5-17(24)26-8-12/h2,5,8-10,13-15H,3-4,6-7,25H2,1H3,(H2,24,26)(H,27,28,31)/t14-,15-/m1/s1. The molecule has 1 amide bonds. The summed E-state index contributed by atoms with van der Waals surface area (Å²) in [7, 11) is 0. The van der Waals surface area contributed by atoms with E-state index in [1.807, 2.05) is 11.0 Å². The highest BCUT2D eigenvalue weighted by Gasteiger charge is 2.45. The van der Waals surface area contributed by atoms with Crippen LogP contribution in [-0.2, 0) is 0 Å². The van der Waals surface area contributed by atoms with Gasteiger partial charge in [0, 0.05) is 35.3 Å². The second-order valence-corrected chi connectivity index (χ2v) is 9.18. The van der Waals surface area contributed by atoms with Gasteiger partial charge in [0.15, 0.2) is 11.4 Å². The zero-order valence-electron chi connectivity index (χ0n) is 19.0. The van der Waals surface area contributed by atoms with Crippen molar-refractivity contribution in [2.45, 2.75) is 50.6 Å². The van der Waals surface area contributed by atoms with Gasteiger partial charge in [-0.1, -0.05) is 0 Å². The molecule has 2 aliphatic rings. The molecule has 35 heavy (non-hydrogen) atoms. The zero-order valence-corrected chi connectivity index (χ0v) is 19.0. The lowest BCUT2D eigenvalue weighted by Crippen LogP contribution is -2.46. The maximum absolute atomic E-state index is 13.0.